The Morgan fingerprint density at radius 3 is 2.04 bits per heavy atom. The van der Waals surface area contributed by atoms with Crippen LogP contribution in [0.2, 0.25) is 0 Å². The van der Waals surface area contributed by atoms with E-state index < -0.39 is 11.7 Å². The minimum Gasteiger partial charge on any atom is -0.508 e. The van der Waals surface area contributed by atoms with Gasteiger partial charge in [0.25, 0.3) is 0 Å². The van der Waals surface area contributed by atoms with Gasteiger partial charge in [0.1, 0.15) is 5.75 Å². The van der Waals surface area contributed by atoms with Gasteiger partial charge < -0.3 is 5.11 Å². The zero-order valence-electron chi connectivity index (χ0n) is 11.9. The molecule has 0 heterocycles. The van der Waals surface area contributed by atoms with E-state index in [2.05, 4.69) is 0 Å². The van der Waals surface area contributed by atoms with Crippen LogP contribution in [0.5, 0.6) is 5.75 Å². The number of allylic oxidation sites excluding steroid dienone is 2. The van der Waals surface area contributed by atoms with Gasteiger partial charge in [-0.05, 0) is 47.5 Å². The number of aromatic hydroxyl groups is 1. The van der Waals surface area contributed by atoms with Gasteiger partial charge in [0, 0.05) is 0 Å². The molecule has 0 aliphatic carbocycles. The maximum atomic E-state index is 12.6. The quantitative estimate of drug-likeness (QED) is 0.829. The summed E-state index contributed by atoms with van der Waals surface area (Å²) in [6.07, 6.45) is 0.889. The average molecular weight is 318 g/mol. The predicted octanol–water partition coefficient (Wildman–Crippen LogP) is 4.71. The van der Waals surface area contributed by atoms with Gasteiger partial charge in [-0.15, -0.1) is 0 Å². The van der Waals surface area contributed by atoms with Crippen molar-refractivity contribution in [2.24, 2.45) is 0 Å². The summed E-state index contributed by atoms with van der Waals surface area (Å²) in [5.74, 6) is -0.287. The second kappa shape index (κ2) is 6.96. The van der Waals surface area contributed by atoms with Crippen molar-refractivity contribution in [1.82, 2.24) is 0 Å². The molecule has 0 bridgehead atoms. The molecule has 2 nitrogen and oxygen atoms in total. The minimum absolute atomic E-state index is 0.0825. The molecule has 0 aliphatic heterocycles. The molecule has 2 aromatic rings. The second-order valence-electron chi connectivity index (χ2n) is 4.79. The van der Waals surface area contributed by atoms with E-state index in [1.807, 2.05) is 0 Å². The highest BCUT2D eigenvalue weighted by molar-refractivity contribution is 6.04. The van der Waals surface area contributed by atoms with Gasteiger partial charge in [0.2, 0.25) is 0 Å². The molecule has 0 unspecified atom stereocenters. The van der Waals surface area contributed by atoms with Crippen LogP contribution in [0.1, 0.15) is 16.7 Å². The second-order valence-corrected chi connectivity index (χ2v) is 4.79. The van der Waals surface area contributed by atoms with Crippen LogP contribution in [0.3, 0.4) is 0 Å². The molecule has 23 heavy (non-hydrogen) atoms. The SMILES string of the molecule is O=C(/C=C/c1cccc(O)c1)/C=C/c1cccc(C(F)(F)F)c1. The van der Waals surface area contributed by atoms with Crippen molar-refractivity contribution in [2.75, 3.05) is 0 Å². The van der Waals surface area contributed by atoms with E-state index >= 15 is 0 Å². The van der Waals surface area contributed by atoms with Crippen LogP contribution in [-0.2, 0) is 11.0 Å². The number of hydrogen-bond acceptors (Lipinski definition) is 2. The molecule has 0 atom stereocenters. The van der Waals surface area contributed by atoms with Crippen molar-refractivity contribution in [2.45, 2.75) is 6.18 Å². The first-order valence-corrected chi connectivity index (χ1v) is 6.71. The van der Waals surface area contributed by atoms with Crippen molar-refractivity contribution in [3.8, 4) is 5.75 Å². The molecule has 1 N–H and O–H groups in total. The summed E-state index contributed by atoms with van der Waals surface area (Å²) in [6, 6.07) is 11.1. The van der Waals surface area contributed by atoms with Crippen molar-refractivity contribution >= 4 is 17.9 Å². The van der Waals surface area contributed by atoms with E-state index in [9.17, 15) is 23.1 Å². The standard InChI is InChI=1S/C18H13F3O2/c19-18(20,21)15-5-1-3-13(11-15)7-9-16(22)10-8-14-4-2-6-17(23)12-14/h1-12,23H/b9-7+,10-8+. The Morgan fingerprint density at radius 1 is 0.913 bits per heavy atom. The molecular weight excluding hydrogens is 305 g/mol. The number of hydrogen-bond donors (Lipinski definition) is 1. The van der Waals surface area contributed by atoms with Crippen LogP contribution in [0.15, 0.2) is 60.7 Å². The van der Waals surface area contributed by atoms with Gasteiger partial charge >= 0.3 is 6.18 Å². The number of halogens is 3. The molecule has 0 aromatic heterocycles. The number of alkyl halides is 3. The molecule has 0 saturated carbocycles. The van der Waals surface area contributed by atoms with E-state index in [0.717, 1.165) is 12.1 Å². The summed E-state index contributed by atoms with van der Waals surface area (Å²) < 4.78 is 37.8. The fourth-order valence-corrected chi connectivity index (χ4v) is 1.86. The van der Waals surface area contributed by atoms with Gasteiger partial charge in [-0.25, -0.2) is 0 Å². The topological polar surface area (TPSA) is 37.3 Å². The third-order valence-electron chi connectivity index (χ3n) is 2.96. The number of phenols is 1. The Morgan fingerprint density at radius 2 is 1.48 bits per heavy atom. The first kappa shape index (κ1) is 16.5. The van der Waals surface area contributed by atoms with Gasteiger partial charge in [-0.2, -0.15) is 13.2 Å². The summed E-state index contributed by atoms with van der Waals surface area (Å²) in [4.78, 5) is 11.7. The largest absolute Gasteiger partial charge is 0.508 e. The Balaban J connectivity index is 2.07. The molecule has 0 amide bonds. The molecule has 2 aromatic carbocycles. The summed E-state index contributed by atoms with van der Waals surface area (Å²) in [5.41, 5.74) is 0.173. The average Bonchev–Trinajstić information content (AvgIpc) is 2.50. The molecule has 5 heteroatoms. The van der Waals surface area contributed by atoms with Gasteiger partial charge in [-0.1, -0.05) is 36.4 Å². The fraction of sp³-hybridized carbons (Fsp3) is 0.0556. The van der Waals surface area contributed by atoms with E-state index in [0.29, 0.717) is 11.1 Å². The lowest BCUT2D eigenvalue weighted by molar-refractivity contribution is -0.137. The number of phenolic OH excluding ortho intramolecular Hbond substituents is 1. The Hall–Kier alpha value is -2.82. The first-order chi connectivity index (χ1) is 10.8. The molecule has 118 valence electrons. The Bertz CT molecular complexity index is 759. The maximum absolute atomic E-state index is 12.6. The molecule has 0 saturated heterocycles. The third kappa shape index (κ3) is 5.14. The first-order valence-electron chi connectivity index (χ1n) is 6.71. The summed E-state index contributed by atoms with van der Waals surface area (Å²) in [5, 5.41) is 9.30. The van der Waals surface area contributed by atoms with Crippen LogP contribution in [-0.4, -0.2) is 10.9 Å². The monoisotopic (exact) mass is 318 g/mol. The normalized spacial score (nSPS) is 12.1. The predicted molar refractivity (Wildman–Crippen MR) is 82.6 cm³/mol. The number of carbonyl (C=O) groups excluding carboxylic acids is 1. The molecule has 2 rings (SSSR count). The molecular formula is C18H13F3O2. The zero-order valence-corrected chi connectivity index (χ0v) is 11.9. The maximum Gasteiger partial charge on any atom is 0.416 e. The van der Waals surface area contributed by atoms with Gasteiger partial charge in [-0.3, -0.25) is 4.79 Å². The number of ketones is 1. The van der Waals surface area contributed by atoms with Crippen molar-refractivity contribution in [1.29, 1.82) is 0 Å². The van der Waals surface area contributed by atoms with Gasteiger partial charge in [0.05, 0.1) is 5.56 Å². The van der Waals surface area contributed by atoms with Crippen molar-refractivity contribution in [3.63, 3.8) is 0 Å². The highest BCUT2D eigenvalue weighted by Crippen LogP contribution is 2.29. The highest BCUT2D eigenvalue weighted by atomic mass is 19.4. The lowest BCUT2D eigenvalue weighted by Gasteiger charge is -2.06. The number of carbonyl (C=O) groups is 1. The number of rotatable bonds is 4. The fourth-order valence-electron chi connectivity index (χ4n) is 1.86. The van der Waals surface area contributed by atoms with E-state index in [1.54, 1.807) is 12.1 Å². The van der Waals surface area contributed by atoms with Gasteiger partial charge in [0.15, 0.2) is 5.78 Å². The zero-order chi connectivity index (χ0) is 16.9. The van der Waals surface area contributed by atoms with Crippen LogP contribution in [0, 0.1) is 0 Å². The molecule has 0 spiro atoms. The summed E-state index contributed by atoms with van der Waals surface area (Å²) in [7, 11) is 0. The summed E-state index contributed by atoms with van der Waals surface area (Å²) in [6.45, 7) is 0. The van der Waals surface area contributed by atoms with Crippen molar-refractivity contribution < 1.29 is 23.1 Å². The van der Waals surface area contributed by atoms with Crippen molar-refractivity contribution in [3.05, 3.63) is 77.4 Å². The van der Waals surface area contributed by atoms with Crippen LogP contribution in [0.4, 0.5) is 13.2 Å². The lowest BCUT2D eigenvalue weighted by atomic mass is 10.1. The summed E-state index contributed by atoms with van der Waals surface area (Å²) >= 11 is 0. The van der Waals surface area contributed by atoms with Crippen LogP contribution in [0.25, 0.3) is 12.2 Å². The Labute approximate surface area is 131 Å². The van der Waals surface area contributed by atoms with E-state index in [4.69, 9.17) is 0 Å². The highest BCUT2D eigenvalue weighted by Gasteiger charge is 2.30. The Kier molecular flexibility index (Phi) is 5.01. The number of benzene rings is 2. The minimum atomic E-state index is -4.41. The van der Waals surface area contributed by atoms with Crippen LogP contribution < -0.4 is 0 Å². The lowest BCUT2D eigenvalue weighted by Crippen LogP contribution is -2.04. The molecule has 0 fully saturated rings. The van der Waals surface area contributed by atoms with E-state index in [1.165, 1.54) is 48.6 Å². The van der Waals surface area contributed by atoms with E-state index in [-0.39, 0.29) is 11.5 Å². The smallest absolute Gasteiger partial charge is 0.416 e. The van der Waals surface area contributed by atoms with Crippen LogP contribution >= 0.6 is 0 Å². The molecule has 0 aliphatic rings. The third-order valence-corrected chi connectivity index (χ3v) is 2.96. The molecule has 0 radical (unpaired) electrons.